The number of hydrogen-bond acceptors (Lipinski definition) is 6. The van der Waals surface area contributed by atoms with Gasteiger partial charge in [-0.05, 0) is 55.7 Å². The number of carbonyl (C=O) groups excluding carboxylic acids is 1. The van der Waals surface area contributed by atoms with Crippen molar-refractivity contribution in [2.24, 2.45) is 0 Å². The summed E-state index contributed by atoms with van der Waals surface area (Å²) in [7, 11) is -3.35. The standard InChI is InChI=1S/C23H20FN5O3S2/c1-34(31,32)28-16-9-5-14(6-10-16)19-13-33-23(25-19)26-22(30)21-18-3-2-4-20(18)29(27-21)17-11-7-15(24)8-12-17/h5-13,28H,2-4H2,1H3,(H,25,26,30). The Morgan fingerprint density at radius 3 is 2.53 bits per heavy atom. The van der Waals surface area contributed by atoms with Crippen molar-refractivity contribution >= 4 is 38.1 Å². The largest absolute Gasteiger partial charge is 0.296 e. The van der Waals surface area contributed by atoms with E-state index in [1.54, 1.807) is 41.1 Å². The van der Waals surface area contributed by atoms with Gasteiger partial charge in [0, 0.05) is 27.9 Å². The maximum Gasteiger partial charge on any atom is 0.278 e. The molecule has 8 nitrogen and oxygen atoms in total. The molecular weight excluding hydrogens is 477 g/mol. The van der Waals surface area contributed by atoms with E-state index in [0.717, 1.165) is 42.3 Å². The zero-order valence-corrected chi connectivity index (χ0v) is 19.7. The monoisotopic (exact) mass is 497 g/mol. The lowest BCUT2D eigenvalue weighted by Crippen LogP contribution is -2.14. The van der Waals surface area contributed by atoms with Crippen LogP contribution in [0, 0.1) is 5.82 Å². The number of aromatic nitrogens is 3. The maximum atomic E-state index is 13.3. The van der Waals surface area contributed by atoms with E-state index in [1.807, 2.05) is 5.38 Å². The van der Waals surface area contributed by atoms with E-state index in [1.165, 1.54) is 23.5 Å². The Bertz CT molecular complexity index is 1480. The molecule has 0 saturated carbocycles. The zero-order chi connectivity index (χ0) is 23.9. The van der Waals surface area contributed by atoms with Gasteiger partial charge in [0.1, 0.15) is 5.82 Å². The summed E-state index contributed by atoms with van der Waals surface area (Å²) in [6.45, 7) is 0. The molecule has 0 radical (unpaired) electrons. The molecular formula is C23H20FN5O3S2. The van der Waals surface area contributed by atoms with Crippen LogP contribution in [-0.4, -0.2) is 35.3 Å². The number of hydrogen-bond donors (Lipinski definition) is 2. The lowest BCUT2D eigenvalue weighted by atomic mass is 10.1. The van der Waals surface area contributed by atoms with Crippen LogP contribution in [0.15, 0.2) is 53.9 Å². The number of anilines is 2. The Labute approximate surface area is 199 Å². The number of fused-ring (bicyclic) bond motifs is 1. The molecule has 34 heavy (non-hydrogen) atoms. The van der Waals surface area contributed by atoms with Gasteiger partial charge in [-0.25, -0.2) is 22.5 Å². The van der Waals surface area contributed by atoms with E-state index in [0.29, 0.717) is 27.9 Å². The second kappa shape index (κ2) is 8.65. The molecule has 174 valence electrons. The van der Waals surface area contributed by atoms with Crippen molar-refractivity contribution in [2.45, 2.75) is 19.3 Å². The van der Waals surface area contributed by atoms with Crippen molar-refractivity contribution < 1.29 is 17.6 Å². The number of benzene rings is 2. The maximum absolute atomic E-state index is 13.3. The molecule has 0 unspecified atom stereocenters. The van der Waals surface area contributed by atoms with Gasteiger partial charge in [0.15, 0.2) is 10.8 Å². The van der Waals surface area contributed by atoms with Crippen molar-refractivity contribution in [1.29, 1.82) is 0 Å². The third-order valence-electron chi connectivity index (χ3n) is 5.43. The van der Waals surface area contributed by atoms with Crippen molar-refractivity contribution in [1.82, 2.24) is 14.8 Å². The molecule has 11 heteroatoms. The van der Waals surface area contributed by atoms with Crippen molar-refractivity contribution in [2.75, 3.05) is 16.3 Å². The molecule has 2 heterocycles. The minimum Gasteiger partial charge on any atom is -0.296 e. The van der Waals surface area contributed by atoms with Crippen molar-refractivity contribution in [3.05, 3.63) is 76.7 Å². The molecule has 1 amide bonds. The Kier molecular flexibility index (Phi) is 5.66. The minimum atomic E-state index is -3.35. The van der Waals surface area contributed by atoms with Crippen LogP contribution >= 0.6 is 11.3 Å². The summed E-state index contributed by atoms with van der Waals surface area (Å²) in [5.41, 5.74) is 4.85. The molecule has 0 bridgehead atoms. The van der Waals surface area contributed by atoms with Gasteiger partial charge in [-0.15, -0.1) is 11.3 Å². The summed E-state index contributed by atoms with van der Waals surface area (Å²) >= 11 is 1.29. The lowest BCUT2D eigenvalue weighted by molar-refractivity contribution is 0.102. The molecule has 0 spiro atoms. The van der Waals surface area contributed by atoms with E-state index in [2.05, 4.69) is 20.1 Å². The molecule has 0 atom stereocenters. The summed E-state index contributed by atoms with van der Waals surface area (Å²) in [6, 6.07) is 12.9. The first-order valence-corrected chi connectivity index (χ1v) is 13.3. The van der Waals surface area contributed by atoms with Gasteiger partial charge in [0.25, 0.3) is 5.91 Å². The van der Waals surface area contributed by atoms with Gasteiger partial charge < -0.3 is 0 Å². The molecule has 2 aromatic heterocycles. The van der Waals surface area contributed by atoms with Gasteiger partial charge in [-0.3, -0.25) is 14.8 Å². The van der Waals surface area contributed by atoms with Crippen LogP contribution in [-0.2, 0) is 22.9 Å². The van der Waals surface area contributed by atoms with Crippen molar-refractivity contribution in [3.63, 3.8) is 0 Å². The molecule has 5 rings (SSSR count). The van der Waals surface area contributed by atoms with Crippen LogP contribution < -0.4 is 10.0 Å². The van der Waals surface area contributed by atoms with Crippen molar-refractivity contribution in [3.8, 4) is 16.9 Å². The average molecular weight is 498 g/mol. The summed E-state index contributed by atoms with van der Waals surface area (Å²) in [6.07, 6.45) is 3.59. The third-order valence-corrected chi connectivity index (χ3v) is 6.79. The van der Waals surface area contributed by atoms with Crippen LogP contribution in [0.2, 0.25) is 0 Å². The fourth-order valence-corrected chi connectivity index (χ4v) is 5.24. The first-order valence-electron chi connectivity index (χ1n) is 10.5. The number of sulfonamides is 1. The molecule has 0 saturated heterocycles. The SMILES string of the molecule is CS(=O)(=O)Nc1ccc(-c2csc(NC(=O)c3nn(-c4ccc(F)cc4)c4c3CCC4)n2)cc1. The average Bonchev–Trinajstić information content (AvgIpc) is 3.51. The Morgan fingerprint density at radius 2 is 1.82 bits per heavy atom. The second-order valence-corrected chi connectivity index (χ2v) is 10.6. The summed E-state index contributed by atoms with van der Waals surface area (Å²) < 4.78 is 40.2. The predicted molar refractivity (Wildman–Crippen MR) is 130 cm³/mol. The second-order valence-electron chi connectivity index (χ2n) is 7.96. The number of carbonyl (C=O) groups is 1. The van der Waals surface area contributed by atoms with E-state index in [-0.39, 0.29) is 11.7 Å². The fourth-order valence-electron chi connectivity index (χ4n) is 3.96. The van der Waals surface area contributed by atoms with Gasteiger partial charge >= 0.3 is 0 Å². The normalized spacial score (nSPS) is 13.0. The predicted octanol–water partition coefficient (Wildman–Crippen LogP) is 4.25. The highest BCUT2D eigenvalue weighted by Gasteiger charge is 2.27. The Balaban J connectivity index is 1.35. The van der Waals surface area contributed by atoms with Gasteiger partial charge in [-0.1, -0.05) is 12.1 Å². The number of thiazole rings is 1. The molecule has 1 aliphatic rings. The van der Waals surface area contributed by atoms with Gasteiger partial charge in [-0.2, -0.15) is 5.10 Å². The quantitative estimate of drug-likeness (QED) is 0.414. The topological polar surface area (TPSA) is 106 Å². The lowest BCUT2D eigenvalue weighted by Gasteiger charge is -2.05. The van der Waals surface area contributed by atoms with E-state index < -0.39 is 10.0 Å². The molecule has 2 aromatic carbocycles. The summed E-state index contributed by atoms with van der Waals surface area (Å²) in [5, 5.41) is 9.62. The highest BCUT2D eigenvalue weighted by Crippen LogP contribution is 2.30. The minimum absolute atomic E-state index is 0.327. The first kappa shape index (κ1) is 22.2. The van der Waals surface area contributed by atoms with Crippen LogP contribution in [0.4, 0.5) is 15.2 Å². The molecule has 0 aliphatic heterocycles. The van der Waals surface area contributed by atoms with Crippen LogP contribution in [0.1, 0.15) is 28.2 Å². The fraction of sp³-hybridized carbons (Fsp3) is 0.174. The van der Waals surface area contributed by atoms with Crippen LogP contribution in [0.3, 0.4) is 0 Å². The number of nitrogens with zero attached hydrogens (tertiary/aromatic N) is 3. The third kappa shape index (κ3) is 4.57. The van der Waals surface area contributed by atoms with E-state index >= 15 is 0 Å². The summed E-state index contributed by atoms with van der Waals surface area (Å²) in [5.74, 6) is -0.668. The number of amides is 1. The van der Waals surface area contributed by atoms with Crippen LogP contribution in [0.5, 0.6) is 0 Å². The smallest absolute Gasteiger partial charge is 0.278 e. The Hall–Kier alpha value is -3.57. The highest BCUT2D eigenvalue weighted by atomic mass is 32.2. The van der Waals surface area contributed by atoms with Crippen LogP contribution in [0.25, 0.3) is 16.9 Å². The van der Waals surface area contributed by atoms with Gasteiger partial charge in [0.2, 0.25) is 10.0 Å². The highest BCUT2D eigenvalue weighted by molar-refractivity contribution is 7.92. The molecule has 1 aliphatic carbocycles. The van der Waals surface area contributed by atoms with E-state index in [9.17, 15) is 17.6 Å². The van der Waals surface area contributed by atoms with E-state index in [4.69, 9.17) is 0 Å². The first-order chi connectivity index (χ1) is 16.3. The Morgan fingerprint density at radius 1 is 1.09 bits per heavy atom. The molecule has 4 aromatic rings. The van der Waals surface area contributed by atoms with Gasteiger partial charge in [0.05, 0.1) is 17.6 Å². The molecule has 2 N–H and O–H groups in total. The number of nitrogens with one attached hydrogen (secondary N) is 2. The number of halogens is 1. The molecule has 0 fully saturated rings. The zero-order valence-electron chi connectivity index (χ0n) is 18.1. The number of rotatable bonds is 6. The summed E-state index contributed by atoms with van der Waals surface area (Å²) in [4.78, 5) is 17.5.